The fourth-order valence-electron chi connectivity index (χ4n) is 2.20. The third kappa shape index (κ3) is 4.52. The molecule has 0 bridgehead atoms. The van der Waals surface area contributed by atoms with Gasteiger partial charge in [-0.2, -0.15) is 26.3 Å². The van der Waals surface area contributed by atoms with E-state index in [9.17, 15) is 26.3 Å². The van der Waals surface area contributed by atoms with E-state index in [1.54, 1.807) is 30.6 Å². The van der Waals surface area contributed by atoms with E-state index in [0.29, 0.717) is 12.1 Å². The molecule has 0 aliphatic heterocycles. The number of benzene rings is 1. The number of hydrogen-bond acceptors (Lipinski definition) is 3. The first-order valence-corrected chi connectivity index (χ1v) is 7.42. The minimum absolute atomic E-state index is 0.0583. The second kappa shape index (κ2) is 6.86. The summed E-state index contributed by atoms with van der Waals surface area (Å²) < 4.78 is 78.8. The van der Waals surface area contributed by atoms with Crippen LogP contribution in [0.25, 0.3) is 23.7 Å². The summed E-state index contributed by atoms with van der Waals surface area (Å²) in [5, 5.41) is 3.91. The fourth-order valence-corrected chi connectivity index (χ4v) is 2.20. The molecule has 0 N–H and O–H groups in total. The molecule has 0 atom stereocenters. The summed E-state index contributed by atoms with van der Waals surface area (Å²) in [6, 6.07) is 4.68. The second-order valence-corrected chi connectivity index (χ2v) is 5.44. The smallest absolute Gasteiger partial charge is 0.264 e. The molecule has 2 heterocycles. The molecule has 3 aromatic rings. The van der Waals surface area contributed by atoms with Crippen molar-refractivity contribution in [3.8, 4) is 11.4 Å². The molecule has 0 aliphatic carbocycles. The van der Waals surface area contributed by atoms with E-state index < -0.39 is 23.5 Å². The lowest BCUT2D eigenvalue weighted by atomic mass is 10.0. The summed E-state index contributed by atoms with van der Waals surface area (Å²) in [5.41, 5.74) is -2.50. The van der Waals surface area contributed by atoms with Crippen LogP contribution in [0.2, 0.25) is 0 Å². The molecule has 0 amide bonds. The van der Waals surface area contributed by atoms with Gasteiger partial charge in [0.25, 0.3) is 0 Å². The summed E-state index contributed by atoms with van der Waals surface area (Å²) in [6.07, 6.45) is -2.48. The van der Waals surface area contributed by atoms with Gasteiger partial charge in [0.2, 0.25) is 0 Å². The minimum Gasteiger partial charge on any atom is -0.264 e. The van der Waals surface area contributed by atoms with E-state index in [4.69, 9.17) is 0 Å². The SMILES string of the molecule is FC(F)(F)c1cc(-c2ncn(/C=C/c3cccnc3)n2)cc(C(F)(F)F)c1. The van der Waals surface area contributed by atoms with Gasteiger partial charge in [-0.05, 0) is 35.9 Å². The number of nitrogens with zero attached hydrogens (tertiary/aromatic N) is 4. The van der Waals surface area contributed by atoms with Crippen LogP contribution in [0, 0.1) is 0 Å². The molecule has 0 fully saturated rings. The average molecular weight is 384 g/mol. The molecule has 4 nitrogen and oxygen atoms in total. The van der Waals surface area contributed by atoms with E-state index in [0.717, 1.165) is 5.56 Å². The average Bonchev–Trinajstić information content (AvgIpc) is 3.08. The highest BCUT2D eigenvalue weighted by Crippen LogP contribution is 2.38. The molecule has 1 aromatic carbocycles. The summed E-state index contributed by atoms with van der Waals surface area (Å²) in [7, 11) is 0. The van der Waals surface area contributed by atoms with E-state index in [-0.39, 0.29) is 17.5 Å². The molecule has 3 rings (SSSR count). The van der Waals surface area contributed by atoms with E-state index in [2.05, 4.69) is 15.1 Å². The van der Waals surface area contributed by atoms with E-state index in [1.807, 2.05) is 0 Å². The Labute approximate surface area is 148 Å². The zero-order valence-electron chi connectivity index (χ0n) is 13.3. The lowest BCUT2D eigenvalue weighted by Gasteiger charge is -2.13. The highest BCUT2D eigenvalue weighted by atomic mass is 19.4. The van der Waals surface area contributed by atoms with Gasteiger partial charge in [0.15, 0.2) is 5.82 Å². The molecule has 0 spiro atoms. The fraction of sp³-hybridized carbons (Fsp3) is 0.118. The highest BCUT2D eigenvalue weighted by molar-refractivity contribution is 5.61. The zero-order valence-corrected chi connectivity index (χ0v) is 13.3. The number of alkyl halides is 6. The number of pyridine rings is 1. The van der Waals surface area contributed by atoms with Gasteiger partial charge in [-0.1, -0.05) is 6.07 Å². The molecule has 0 aliphatic rings. The number of aromatic nitrogens is 4. The van der Waals surface area contributed by atoms with Crippen molar-refractivity contribution in [2.75, 3.05) is 0 Å². The van der Waals surface area contributed by atoms with Crippen molar-refractivity contribution in [3.63, 3.8) is 0 Å². The maximum absolute atomic E-state index is 12.9. The molecule has 0 saturated heterocycles. The topological polar surface area (TPSA) is 43.6 Å². The third-order valence-electron chi connectivity index (χ3n) is 3.46. The van der Waals surface area contributed by atoms with Gasteiger partial charge < -0.3 is 0 Å². The van der Waals surface area contributed by atoms with Crippen LogP contribution in [0.1, 0.15) is 16.7 Å². The van der Waals surface area contributed by atoms with Crippen molar-refractivity contribution < 1.29 is 26.3 Å². The van der Waals surface area contributed by atoms with Gasteiger partial charge in [0.1, 0.15) is 6.33 Å². The van der Waals surface area contributed by atoms with Crippen LogP contribution in [0.4, 0.5) is 26.3 Å². The molecular weight excluding hydrogens is 374 g/mol. The monoisotopic (exact) mass is 384 g/mol. The first-order chi connectivity index (χ1) is 12.6. The Bertz CT molecular complexity index is 925. The van der Waals surface area contributed by atoms with Crippen molar-refractivity contribution in [1.82, 2.24) is 19.7 Å². The molecule has 2 aromatic heterocycles. The standard InChI is InChI=1S/C17H10F6N4/c18-16(19,20)13-6-12(7-14(8-13)17(21,22)23)15-25-10-27(26-15)5-3-11-2-1-4-24-9-11/h1-10H/b5-3+. The van der Waals surface area contributed by atoms with E-state index >= 15 is 0 Å². The lowest BCUT2D eigenvalue weighted by molar-refractivity contribution is -0.143. The van der Waals surface area contributed by atoms with Crippen LogP contribution in [0.15, 0.2) is 49.1 Å². The van der Waals surface area contributed by atoms with Gasteiger partial charge in [0.05, 0.1) is 11.1 Å². The van der Waals surface area contributed by atoms with Gasteiger partial charge in [-0.3, -0.25) is 4.98 Å². The first kappa shape index (κ1) is 18.6. The van der Waals surface area contributed by atoms with Gasteiger partial charge in [0, 0.05) is 24.2 Å². The Morgan fingerprint density at radius 1 is 0.926 bits per heavy atom. The molecule has 140 valence electrons. The van der Waals surface area contributed by atoms with Crippen molar-refractivity contribution >= 4 is 12.3 Å². The maximum Gasteiger partial charge on any atom is 0.416 e. The summed E-state index contributed by atoms with van der Waals surface area (Å²) in [4.78, 5) is 7.70. The number of hydrogen-bond donors (Lipinski definition) is 0. The predicted octanol–water partition coefficient (Wildman–Crippen LogP) is 5.01. The Morgan fingerprint density at radius 2 is 1.59 bits per heavy atom. The quantitative estimate of drug-likeness (QED) is 0.597. The van der Waals surface area contributed by atoms with Crippen LogP contribution in [-0.2, 0) is 12.4 Å². The predicted molar refractivity (Wildman–Crippen MR) is 84.9 cm³/mol. The molecule has 0 unspecified atom stereocenters. The van der Waals surface area contributed by atoms with Crippen LogP contribution in [0.5, 0.6) is 0 Å². The Balaban J connectivity index is 1.97. The van der Waals surface area contributed by atoms with Crippen LogP contribution >= 0.6 is 0 Å². The molecular formula is C17H10F6N4. The molecule has 10 heteroatoms. The maximum atomic E-state index is 12.9. The first-order valence-electron chi connectivity index (χ1n) is 7.42. The van der Waals surface area contributed by atoms with Crippen LogP contribution < -0.4 is 0 Å². The minimum atomic E-state index is -4.93. The molecule has 0 saturated carbocycles. The van der Waals surface area contributed by atoms with Crippen molar-refractivity contribution in [2.24, 2.45) is 0 Å². The summed E-state index contributed by atoms with van der Waals surface area (Å²) >= 11 is 0. The Morgan fingerprint density at radius 3 is 2.15 bits per heavy atom. The molecule has 27 heavy (non-hydrogen) atoms. The van der Waals surface area contributed by atoms with E-state index in [1.165, 1.54) is 17.2 Å². The normalized spacial score (nSPS) is 12.7. The van der Waals surface area contributed by atoms with Crippen molar-refractivity contribution in [3.05, 3.63) is 65.7 Å². The van der Waals surface area contributed by atoms with Gasteiger partial charge in [-0.25, -0.2) is 9.67 Å². The molecule has 0 radical (unpaired) electrons. The highest BCUT2D eigenvalue weighted by Gasteiger charge is 2.37. The van der Waals surface area contributed by atoms with Crippen LogP contribution in [0.3, 0.4) is 0 Å². The lowest BCUT2D eigenvalue weighted by Crippen LogP contribution is -2.11. The third-order valence-corrected chi connectivity index (χ3v) is 3.46. The van der Waals surface area contributed by atoms with Gasteiger partial charge >= 0.3 is 12.4 Å². The number of rotatable bonds is 3. The summed E-state index contributed by atoms with van der Waals surface area (Å²) in [5.74, 6) is -0.262. The second-order valence-electron chi connectivity index (χ2n) is 5.44. The Hall–Kier alpha value is -3.17. The van der Waals surface area contributed by atoms with Crippen molar-refractivity contribution in [1.29, 1.82) is 0 Å². The van der Waals surface area contributed by atoms with Crippen LogP contribution in [-0.4, -0.2) is 19.7 Å². The number of halogens is 6. The summed E-state index contributed by atoms with van der Waals surface area (Å²) in [6.45, 7) is 0. The van der Waals surface area contributed by atoms with Gasteiger partial charge in [-0.15, -0.1) is 5.10 Å². The Kier molecular flexibility index (Phi) is 4.73. The largest absolute Gasteiger partial charge is 0.416 e. The zero-order chi connectivity index (χ0) is 19.7. The van der Waals surface area contributed by atoms with Crippen molar-refractivity contribution in [2.45, 2.75) is 12.4 Å².